The molecule has 0 saturated carbocycles. The van der Waals surface area contributed by atoms with Crippen molar-refractivity contribution in [1.82, 2.24) is 15.0 Å². The predicted octanol–water partition coefficient (Wildman–Crippen LogP) is 3.80. The summed E-state index contributed by atoms with van der Waals surface area (Å²) in [4.78, 5) is 12.5. The minimum atomic E-state index is -0.284. The van der Waals surface area contributed by atoms with Crippen LogP contribution in [0.25, 0.3) is 0 Å². The first-order chi connectivity index (χ1) is 10.3. The minimum absolute atomic E-state index is 0.284. The van der Waals surface area contributed by atoms with E-state index in [-0.39, 0.29) is 6.10 Å². The number of hydrogen-bond donors (Lipinski definition) is 0. The Morgan fingerprint density at radius 2 is 1.48 bits per heavy atom. The lowest BCUT2D eigenvalue weighted by Crippen LogP contribution is -2.10. The van der Waals surface area contributed by atoms with Gasteiger partial charge >= 0.3 is 0 Å². The summed E-state index contributed by atoms with van der Waals surface area (Å²) in [5.74, 6) is 0.676. The predicted molar refractivity (Wildman–Crippen MR) is 82.9 cm³/mol. The fourth-order valence-corrected chi connectivity index (χ4v) is 2.32. The van der Waals surface area contributed by atoms with Gasteiger partial charge < -0.3 is 4.74 Å². The van der Waals surface area contributed by atoms with Gasteiger partial charge in [0.05, 0.1) is 0 Å². The molecule has 3 rings (SSSR count). The van der Waals surface area contributed by atoms with Crippen LogP contribution in [-0.2, 0) is 0 Å². The van der Waals surface area contributed by atoms with Crippen molar-refractivity contribution in [3.05, 3.63) is 83.1 Å². The first-order valence-electron chi connectivity index (χ1n) is 6.41. The number of aromatic nitrogens is 3. The van der Waals surface area contributed by atoms with E-state index in [1.54, 1.807) is 31.0 Å². The average Bonchev–Trinajstić information content (AvgIpc) is 2.56. The Labute approximate surface area is 131 Å². The SMILES string of the molecule is Brc1ncccc1OC(c1cccnc1)c1cccnc1. The van der Waals surface area contributed by atoms with Gasteiger partial charge in [-0.1, -0.05) is 12.1 Å². The van der Waals surface area contributed by atoms with E-state index in [2.05, 4.69) is 30.9 Å². The van der Waals surface area contributed by atoms with Crippen LogP contribution < -0.4 is 4.74 Å². The molecule has 4 nitrogen and oxygen atoms in total. The van der Waals surface area contributed by atoms with Gasteiger partial charge in [0.15, 0.2) is 11.9 Å². The van der Waals surface area contributed by atoms with Crippen LogP contribution in [0.4, 0.5) is 0 Å². The number of hydrogen-bond acceptors (Lipinski definition) is 4. The third-order valence-electron chi connectivity index (χ3n) is 2.94. The highest BCUT2D eigenvalue weighted by atomic mass is 79.9. The van der Waals surface area contributed by atoms with Crippen molar-refractivity contribution < 1.29 is 4.74 Å². The molecule has 0 aliphatic rings. The highest BCUT2D eigenvalue weighted by Gasteiger charge is 2.18. The van der Waals surface area contributed by atoms with Crippen LogP contribution in [-0.4, -0.2) is 15.0 Å². The summed E-state index contributed by atoms with van der Waals surface area (Å²) >= 11 is 3.40. The summed E-state index contributed by atoms with van der Waals surface area (Å²) in [6.45, 7) is 0. The molecule has 3 aromatic heterocycles. The highest BCUT2D eigenvalue weighted by Crippen LogP contribution is 2.30. The van der Waals surface area contributed by atoms with Crippen molar-refractivity contribution in [2.24, 2.45) is 0 Å². The van der Waals surface area contributed by atoms with Crippen molar-refractivity contribution in [1.29, 1.82) is 0 Å². The Balaban J connectivity index is 1.99. The molecular formula is C16H12BrN3O. The zero-order chi connectivity index (χ0) is 14.5. The molecule has 0 radical (unpaired) electrons. The Morgan fingerprint density at radius 3 is 2.00 bits per heavy atom. The maximum Gasteiger partial charge on any atom is 0.153 e. The zero-order valence-electron chi connectivity index (χ0n) is 11.1. The van der Waals surface area contributed by atoms with Crippen LogP contribution in [0.15, 0.2) is 72.0 Å². The molecule has 3 aromatic rings. The Hall–Kier alpha value is -2.27. The second-order valence-corrected chi connectivity index (χ2v) is 5.11. The second-order valence-electron chi connectivity index (χ2n) is 4.36. The monoisotopic (exact) mass is 341 g/mol. The van der Waals surface area contributed by atoms with Crippen molar-refractivity contribution in [2.75, 3.05) is 0 Å². The van der Waals surface area contributed by atoms with Crippen LogP contribution in [0.1, 0.15) is 17.2 Å². The van der Waals surface area contributed by atoms with Crippen LogP contribution in [0, 0.1) is 0 Å². The second kappa shape index (κ2) is 6.45. The molecule has 0 saturated heterocycles. The average molecular weight is 342 g/mol. The third kappa shape index (κ3) is 3.25. The molecule has 0 atom stereocenters. The van der Waals surface area contributed by atoms with Crippen molar-refractivity contribution in [2.45, 2.75) is 6.10 Å². The van der Waals surface area contributed by atoms with Gasteiger partial charge in [0.25, 0.3) is 0 Å². The standard InChI is InChI=1S/C16H12BrN3O/c17-16-14(6-3-9-20-16)21-15(12-4-1-7-18-10-12)13-5-2-8-19-11-13/h1-11,15H. The summed E-state index contributed by atoms with van der Waals surface area (Å²) in [6.07, 6.45) is 8.49. The molecular weight excluding hydrogens is 330 g/mol. The summed E-state index contributed by atoms with van der Waals surface area (Å²) in [5.41, 5.74) is 1.92. The van der Waals surface area contributed by atoms with E-state index >= 15 is 0 Å². The zero-order valence-corrected chi connectivity index (χ0v) is 12.6. The third-order valence-corrected chi connectivity index (χ3v) is 3.54. The lowest BCUT2D eigenvalue weighted by atomic mass is 10.1. The molecule has 0 fully saturated rings. The van der Waals surface area contributed by atoms with Gasteiger partial charge in [-0.15, -0.1) is 0 Å². The molecule has 0 bridgehead atoms. The Kier molecular flexibility index (Phi) is 4.21. The number of pyridine rings is 3. The van der Waals surface area contributed by atoms with Gasteiger partial charge in [0.2, 0.25) is 0 Å². The Morgan fingerprint density at radius 1 is 0.857 bits per heavy atom. The van der Waals surface area contributed by atoms with E-state index in [9.17, 15) is 0 Å². The molecule has 0 aliphatic carbocycles. The van der Waals surface area contributed by atoms with Crippen LogP contribution in [0.2, 0.25) is 0 Å². The van der Waals surface area contributed by atoms with E-state index in [0.29, 0.717) is 10.4 Å². The highest BCUT2D eigenvalue weighted by molar-refractivity contribution is 9.10. The smallest absolute Gasteiger partial charge is 0.153 e. The lowest BCUT2D eigenvalue weighted by Gasteiger charge is -2.19. The maximum absolute atomic E-state index is 6.13. The van der Waals surface area contributed by atoms with Gasteiger partial charge in [0.1, 0.15) is 4.60 Å². The lowest BCUT2D eigenvalue weighted by molar-refractivity contribution is 0.243. The Bertz CT molecular complexity index is 667. The topological polar surface area (TPSA) is 47.9 Å². The first-order valence-corrected chi connectivity index (χ1v) is 7.21. The van der Waals surface area contributed by atoms with Gasteiger partial charge in [-0.05, 0) is 40.2 Å². The van der Waals surface area contributed by atoms with Gasteiger partial charge in [-0.25, -0.2) is 4.98 Å². The van der Waals surface area contributed by atoms with Gasteiger partial charge in [-0.2, -0.15) is 0 Å². The minimum Gasteiger partial charge on any atom is -0.478 e. The van der Waals surface area contributed by atoms with E-state index in [1.165, 1.54) is 0 Å². The normalized spacial score (nSPS) is 10.6. The fourth-order valence-electron chi connectivity index (χ4n) is 1.98. The van der Waals surface area contributed by atoms with Gasteiger partial charge in [-0.3, -0.25) is 9.97 Å². The molecule has 0 aliphatic heterocycles. The molecule has 21 heavy (non-hydrogen) atoms. The molecule has 3 heterocycles. The molecule has 104 valence electrons. The van der Waals surface area contributed by atoms with Crippen LogP contribution >= 0.6 is 15.9 Å². The quantitative estimate of drug-likeness (QED) is 0.677. The summed E-state index contributed by atoms with van der Waals surface area (Å²) in [7, 11) is 0. The van der Waals surface area contributed by atoms with Crippen molar-refractivity contribution in [3.8, 4) is 5.75 Å². The van der Waals surface area contributed by atoms with E-state index in [4.69, 9.17) is 4.74 Å². The van der Waals surface area contributed by atoms with Crippen LogP contribution in [0.3, 0.4) is 0 Å². The molecule has 0 unspecified atom stereocenters. The summed E-state index contributed by atoms with van der Waals surface area (Å²) < 4.78 is 6.80. The molecule has 5 heteroatoms. The van der Waals surface area contributed by atoms with Crippen molar-refractivity contribution >= 4 is 15.9 Å². The largest absolute Gasteiger partial charge is 0.478 e. The number of halogens is 1. The van der Waals surface area contributed by atoms with Crippen LogP contribution in [0.5, 0.6) is 5.75 Å². The van der Waals surface area contributed by atoms with Crippen molar-refractivity contribution in [3.63, 3.8) is 0 Å². The fraction of sp³-hybridized carbons (Fsp3) is 0.0625. The molecule has 0 amide bonds. The van der Waals surface area contributed by atoms with E-state index < -0.39 is 0 Å². The molecule has 0 spiro atoms. The number of nitrogens with zero attached hydrogens (tertiary/aromatic N) is 3. The van der Waals surface area contributed by atoms with E-state index in [1.807, 2.05) is 36.4 Å². The molecule has 0 N–H and O–H groups in total. The molecule has 0 aromatic carbocycles. The van der Waals surface area contributed by atoms with Gasteiger partial charge in [0, 0.05) is 42.1 Å². The maximum atomic E-state index is 6.13. The summed E-state index contributed by atoms with van der Waals surface area (Å²) in [5, 5.41) is 0. The number of ether oxygens (including phenoxy) is 1. The number of rotatable bonds is 4. The van der Waals surface area contributed by atoms with E-state index in [0.717, 1.165) is 11.1 Å². The first kappa shape index (κ1) is 13.7. The summed E-state index contributed by atoms with van der Waals surface area (Å²) in [6, 6.07) is 11.4.